The van der Waals surface area contributed by atoms with Gasteiger partial charge in [0.1, 0.15) is 0 Å². The van der Waals surface area contributed by atoms with Crippen molar-refractivity contribution in [3.63, 3.8) is 0 Å². The molecule has 0 N–H and O–H groups in total. The fourth-order valence-corrected chi connectivity index (χ4v) is 3.97. The molecule has 0 radical (unpaired) electrons. The van der Waals surface area contributed by atoms with Crippen LogP contribution >= 0.6 is 0 Å². The molecule has 0 heterocycles. The Labute approximate surface area is 186 Å². The maximum atomic E-state index is 2.37. The Morgan fingerprint density at radius 1 is 0.484 bits per heavy atom. The minimum atomic E-state index is 1.03. The molecule has 156 valence electrons. The molecule has 31 heavy (non-hydrogen) atoms. The number of nitrogens with zero attached hydrogens (tertiary/aromatic N) is 2. The van der Waals surface area contributed by atoms with Crippen molar-refractivity contribution in [2.24, 2.45) is 0 Å². The van der Waals surface area contributed by atoms with Crippen LogP contribution in [0.1, 0.15) is 19.4 Å². The molecule has 0 atom stereocenters. The summed E-state index contributed by atoms with van der Waals surface area (Å²) in [5, 5.41) is 0. The highest BCUT2D eigenvalue weighted by Gasteiger charge is 2.12. The summed E-state index contributed by atoms with van der Waals surface area (Å²) in [5.41, 5.74) is 8.48. The lowest BCUT2D eigenvalue weighted by Crippen LogP contribution is -2.21. The third kappa shape index (κ3) is 4.64. The molecule has 0 aliphatic carbocycles. The molecule has 2 nitrogen and oxygen atoms in total. The van der Waals surface area contributed by atoms with Gasteiger partial charge in [0.15, 0.2) is 0 Å². The van der Waals surface area contributed by atoms with E-state index >= 15 is 0 Å². The van der Waals surface area contributed by atoms with Gasteiger partial charge in [-0.3, -0.25) is 0 Å². The minimum Gasteiger partial charge on any atom is -0.372 e. The van der Waals surface area contributed by atoms with Gasteiger partial charge in [-0.05, 0) is 80.4 Å². The second kappa shape index (κ2) is 9.53. The van der Waals surface area contributed by atoms with Crippen molar-refractivity contribution in [3.8, 4) is 11.1 Å². The normalized spacial score (nSPS) is 10.7. The summed E-state index contributed by atoms with van der Waals surface area (Å²) in [6.45, 7) is 8.57. The fourth-order valence-electron chi connectivity index (χ4n) is 3.97. The Hall–Kier alpha value is -3.52. The second-order valence-corrected chi connectivity index (χ2v) is 7.77. The molecular formula is C29H30N2. The van der Waals surface area contributed by atoms with Crippen LogP contribution in [0.15, 0.2) is 103 Å². The van der Waals surface area contributed by atoms with Crippen LogP contribution in [-0.4, -0.2) is 13.1 Å². The number of hydrogen-bond acceptors (Lipinski definition) is 2. The summed E-state index contributed by atoms with van der Waals surface area (Å²) in [4.78, 5) is 4.67. The van der Waals surface area contributed by atoms with Gasteiger partial charge in [0.25, 0.3) is 0 Å². The number of rotatable bonds is 7. The number of para-hydroxylation sites is 1. The monoisotopic (exact) mass is 406 g/mol. The maximum Gasteiger partial charge on any atom is 0.0462 e. The van der Waals surface area contributed by atoms with Crippen LogP contribution in [0.25, 0.3) is 11.1 Å². The lowest BCUT2D eigenvalue weighted by atomic mass is 10.0. The maximum absolute atomic E-state index is 2.37. The third-order valence-electron chi connectivity index (χ3n) is 5.76. The van der Waals surface area contributed by atoms with E-state index in [1.54, 1.807) is 0 Å². The first kappa shape index (κ1) is 20.7. The van der Waals surface area contributed by atoms with Gasteiger partial charge in [0.05, 0.1) is 0 Å². The number of anilines is 4. The van der Waals surface area contributed by atoms with Crippen molar-refractivity contribution in [3.05, 3.63) is 109 Å². The van der Waals surface area contributed by atoms with Gasteiger partial charge in [0, 0.05) is 35.8 Å². The van der Waals surface area contributed by atoms with E-state index in [9.17, 15) is 0 Å². The molecule has 0 bridgehead atoms. The molecule has 0 aromatic heterocycles. The molecule has 0 fully saturated rings. The average molecular weight is 407 g/mol. The summed E-state index contributed by atoms with van der Waals surface area (Å²) in [7, 11) is 0. The molecule has 0 saturated heterocycles. The highest BCUT2D eigenvalue weighted by molar-refractivity contribution is 5.78. The number of hydrogen-bond donors (Lipinski definition) is 0. The summed E-state index contributed by atoms with van der Waals surface area (Å²) >= 11 is 0. The van der Waals surface area contributed by atoms with Crippen molar-refractivity contribution < 1.29 is 0 Å². The molecule has 2 heteroatoms. The highest BCUT2D eigenvalue weighted by atomic mass is 15.1. The Bertz CT molecular complexity index is 1080. The quantitative estimate of drug-likeness (QED) is 0.307. The standard InChI is InChI=1S/C29H30N2/c1-4-30(5-2)26-19-13-24(14-20-26)25-15-21-29(22-16-25)31(27-9-7-6-8-10-27)28-17-11-23(3)12-18-28/h6-22H,4-5H2,1-3H3. The van der Waals surface area contributed by atoms with Gasteiger partial charge in [-0.1, -0.05) is 60.2 Å². The van der Waals surface area contributed by atoms with Gasteiger partial charge in [0.2, 0.25) is 0 Å². The summed E-state index contributed by atoms with van der Waals surface area (Å²) in [5.74, 6) is 0. The van der Waals surface area contributed by atoms with Gasteiger partial charge >= 0.3 is 0 Å². The Balaban J connectivity index is 1.65. The molecule has 0 saturated carbocycles. The molecule has 0 aliphatic rings. The van der Waals surface area contributed by atoms with Gasteiger partial charge < -0.3 is 9.80 Å². The first-order chi connectivity index (χ1) is 15.2. The molecule has 0 spiro atoms. The highest BCUT2D eigenvalue weighted by Crippen LogP contribution is 2.35. The average Bonchev–Trinajstić information content (AvgIpc) is 2.83. The van der Waals surface area contributed by atoms with Crippen LogP contribution in [0.3, 0.4) is 0 Å². The Morgan fingerprint density at radius 2 is 0.903 bits per heavy atom. The van der Waals surface area contributed by atoms with E-state index in [1.807, 2.05) is 0 Å². The van der Waals surface area contributed by atoms with Gasteiger partial charge in [-0.15, -0.1) is 0 Å². The topological polar surface area (TPSA) is 6.48 Å². The zero-order valence-corrected chi connectivity index (χ0v) is 18.6. The number of aryl methyl sites for hydroxylation is 1. The zero-order valence-electron chi connectivity index (χ0n) is 18.6. The molecule has 4 rings (SSSR count). The number of benzene rings is 4. The summed E-state index contributed by atoms with van der Waals surface area (Å²) in [6.07, 6.45) is 0. The third-order valence-corrected chi connectivity index (χ3v) is 5.76. The largest absolute Gasteiger partial charge is 0.372 e. The predicted octanol–water partition coefficient (Wildman–Crippen LogP) is 7.98. The minimum absolute atomic E-state index is 1.03. The molecule has 4 aromatic rings. The molecular weight excluding hydrogens is 376 g/mol. The van der Waals surface area contributed by atoms with Crippen LogP contribution in [0.5, 0.6) is 0 Å². The second-order valence-electron chi connectivity index (χ2n) is 7.77. The van der Waals surface area contributed by atoms with E-state index in [2.05, 4.69) is 134 Å². The van der Waals surface area contributed by atoms with Crippen molar-refractivity contribution in [1.82, 2.24) is 0 Å². The predicted molar refractivity (Wildman–Crippen MR) is 135 cm³/mol. The van der Waals surface area contributed by atoms with E-state index in [0.29, 0.717) is 0 Å². The van der Waals surface area contributed by atoms with Crippen molar-refractivity contribution in [1.29, 1.82) is 0 Å². The van der Waals surface area contributed by atoms with Crippen LogP contribution in [0, 0.1) is 6.92 Å². The van der Waals surface area contributed by atoms with Gasteiger partial charge in [-0.2, -0.15) is 0 Å². The molecule has 0 amide bonds. The molecule has 0 unspecified atom stereocenters. The Morgan fingerprint density at radius 3 is 1.39 bits per heavy atom. The SMILES string of the molecule is CCN(CC)c1ccc(-c2ccc(N(c3ccccc3)c3ccc(C)cc3)cc2)cc1. The summed E-state index contributed by atoms with van der Waals surface area (Å²) in [6, 6.07) is 37.0. The van der Waals surface area contributed by atoms with E-state index in [-0.39, 0.29) is 0 Å². The van der Waals surface area contributed by atoms with Crippen molar-refractivity contribution in [2.45, 2.75) is 20.8 Å². The van der Waals surface area contributed by atoms with Gasteiger partial charge in [-0.25, -0.2) is 0 Å². The lowest BCUT2D eigenvalue weighted by Gasteiger charge is -2.25. The van der Waals surface area contributed by atoms with E-state index in [0.717, 1.165) is 30.2 Å². The molecule has 0 aliphatic heterocycles. The van der Waals surface area contributed by atoms with Crippen LogP contribution in [-0.2, 0) is 0 Å². The first-order valence-corrected chi connectivity index (χ1v) is 11.1. The van der Waals surface area contributed by atoms with Crippen molar-refractivity contribution in [2.75, 3.05) is 22.9 Å². The van der Waals surface area contributed by atoms with Crippen LogP contribution in [0.4, 0.5) is 22.7 Å². The fraction of sp³-hybridized carbons (Fsp3) is 0.172. The van der Waals surface area contributed by atoms with Crippen molar-refractivity contribution >= 4 is 22.7 Å². The Kier molecular flexibility index (Phi) is 6.37. The zero-order chi connectivity index (χ0) is 21.6. The smallest absolute Gasteiger partial charge is 0.0462 e. The van der Waals surface area contributed by atoms with Crippen LogP contribution < -0.4 is 9.80 Å². The van der Waals surface area contributed by atoms with E-state index < -0.39 is 0 Å². The van der Waals surface area contributed by atoms with E-state index in [4.69, 9.17) is 0 Å². The summed E-state index contributed by atoms with van der Waals surface area (Å²) < 4.78 is 0. The van der Waals surface area contributed by atoms with Crippen LogP contribution in [0.2, 0.25) is 0 Å². The molecule has 4 aromatic carbocycles. The van der Waals surface area contributed by atoms with E-state index in [1.165, 1.54) is 22.4 Å². The lowest BCUT2D eigenvalue weighted by molar-refractivity contribution is 0.866. The first-order valence-electron chi connectivity index (χ1n) is 11.1.